The Morgan fingerprint density at radius 3 is 2.43 bits per heavy atom. The van der Waals surface area contributed by atoms with Gasteiger partial charge in [0.25, 0.3) is 0 Å². The van der Waals surface area contributed by atoms with Crippen LogP contribution in [0, 0.1) is 0 Å². The van der Waals surface area contributed by atoms with Gasteiger partial charge < -0.3 is 21.3 Å². The average molecular weight is 290 g/mol. The number of nitrogens with two attached hydrogens (primary N) is 1. The molecule has 114 valence electrons. The van der Waals surface area contributed by atoms with Crippen molar-refractivity contribution in [1.82, 2.24) is 10.2 Å². The fourth-order valence-electron chi connectivity index (χ4n) is 2.31. The Morgan fingerprint density at radius 1 is 1.14 bits per heavy atom. The van der Waals surface area contributed by atoms with E-state index in [0.29, 0.717) is 25.2 Å². The second-order valence-corrected chi connectivity index (χ2v) is 5.12. The van der Waals surface area contributed by atoms with Crippen LogP contribution < -0.4 is 16.4 Å². The molecule has 6 heteroatoms. The van der Waals surface area contributed by atoms with Crippen LogP contribution in [0.4, 0.5) is 10.5 Å². The largest absolute Gasteiger partial charge is 0.343 e. The molecule has 1 heterocycles. The van der Waals surface area contributed by atoms with Crippen LogP contribution in [-0.2, 0) is 11.3 Å². The molecule has 2 rings (SSSR count). The highest BCUT2D eigenvalue weighted by molar-refractivity contribution is 5.89. The molecule has 1 aromatic rings. The summed E-state index contributed by atoms with van der Waals surface area (Å²) in [6.45, 7) is 2.52. The molecule has 0 saturated carbocycles. The molecule has 21 heavy (non-hydrogen) atoms. The van der Waals surface area contributed by atoms with Crippen LogP contribution in [-0.4, -0.2) is 36.5 Å². The monoisotopic (exact) mass is 290 g/mol. The first kappa shape index (κ1) is 15.3. The molecule has 4 N–H and O–H groups in total. The van der Waals surface area contributed by atoms with Crippen molar-refractivity contribution < 1.29 is 9.59 Å². The zero-order chi connectivity index (χ0) is 15.1. The highest BCUT2D eigenvalue weighted by Crippen LogP contribution is 2.09. The summed E-state index contributed by atoms with van der Waals surface area (Å²) in [5.74, 6) is 0.111. The molecule has 0 aliphatic carbocycles. The lowest BCUT2D eigenvalue weighted by Gasteiger charge is -2.15. The summed E-state index contributed by atoms with van der Waals surface area (Å²) in [5, 5.41) is 5.41. The molecule has 0 atom stereocenters. The minimum atomic E-state index is -0.301. The van der Waals surface area contributed by atoms with Gasteiger partial charge in [-0.1, -0.05) is 12.1 Å². The summed E-state index contributed by atoms with van der Waals surface area (Å²) in [6, 6.07) is 7.04. The minimum absolute atomic E-state index is 0.111. The molecule has 3 amide bonds. The highest BCUT2D eigenvalue weighted by atomic mass is 16.2. The van der Waals surface area contributed by atoms with Crippen LogP contribution in [0.15, 0.2) is 24.3 Å². The zero-order valence-corrected chi connectivity index (χ0v) is 12.1. The van der Waals surface area contributed by atoms with Gasteiger partial charge >= 0.3 is 6.03 Å². The second-order valence-electron chi connectivity index (χ2n) is 5.12. The molecule has 6 nitrogen and oxygen atoms in total. The Morgan fingerprint density at radius 2 is 1.81 bits per heavy atom. The van der Waals surface area contributed by atoms with Gasteiger partial charge in [-0.3, -0.25) is 4.79 Å². The first-order chi connectivity index (χ1) is 10.2. The van der Waals surface area contributed by atoms with E-state index in [1.54, 1.807) is 12.1 Å². The summed E-state index contributed by atoms with van der Waals surface area (Å²) in [4.78, 5) is 25.3. The maximum Gasteiger partial charge on any atom is 0.319 e. The number of nitrogens with zero attached hydrogens (tertiary/aromatic N) is 1. The number of benzene rings is 1. The first-order valence-electron chi connectivity index (χ1n) is 7.30. The smallest absolute Gasteiger partial charge is 0.319 e. The molecule has 1 aliphatic rings. The van der Waals surface area contributed by atoms with Crippen LogP contribution in [0.25, 0.3) is 0 Å². The minimum Gasteiger partial charge on any atom is -0.343 e. The average Bonchev–Trinajstić information content (AvgIpc) is 3.02. The third kappa shape index (κ3) is 4.75. The Bertz CT molecular complexity index is 481. The number of likely N-dealkylation sites (tertiary alicyclic amines) is 1. The number of nitrogens with one attached hydrogen (secondary N) is 2. The van der Waals surface area contributed by atoms with Crippen LogP contribution in [0.5, 0.6) is 0 Å². The molecule has 1 fully saturated rings. The van der Waals surface area contributed by atoms with Crippen molar-refractivity contribution in [3.05, 3.63) is 29.8 Å². The molecule has 1 saturated heterocycles. The third-order valence-electron chi connectivity index (χ3n) is 3.53. The number of urea groups is 1. The Balaban J connectivity index is 1.68. The van der Waals surface area contributed by atoms with Crippen molar-refractivity contribution >= 4 is 17.6 Å². The molecule has 0 unspecified atom stereocenters. The molecule has 0 bridgehead atoms. The van der Waals surface area contributed by atoms with Crippen molar-refractivity contribution in [2.24, 2.45) is 5.73 Å². The topological polar surface area (TPSA) is 87.5 Å². The summed E-state index contributed by atoms with van der Waals surface area (Å²) in [6.07, 6.45) is 2.51. The maximum atomic E-state index is 11.8. The van der Waals surface area contributed by atoms with Crippen LogP contribution in [0.3, 0.4) is 0 Å². The number of carbonyl (C=O) groups is 2. The van der Waals surface area contributed by atoms with Crippen molar-refractivity contribution in [2.45, 2.75) is 25.8 Å². The van der Waals surface area contributed by atoms with Gasteiger partial charge in [0.2, 0.25) is 5.91 Å². The van der Waals surface area contributed by atoms with E-state index in [-0.39, 0.29) is 11.9 Å². The lowest BCUT2D eigenvalue weighted by Crippen LogP contribution is -2.34. The van der Waals surface area contributed by atoms with Crippen molar-refractivity contribution in [2.75, 3.05) is 25.0 Å². The third-order valence-corrected chi connectivity index (χ3v) is 3.53. The van der Waals surface area contributed by atoms with Gasteiger partial charge in [-0.05, 0) is 30.5 Å². The van der Waals surface area contributed by atoms with Crippen molar-refractivity contribution in [1.29, 1.82) is 0 Å². The molecule has 0 radical (unpaired) electrons. The van der Waals surface area contributed by atoms with Gasteiger partial charge in [-0.15, -0.1) is 0 Å². The summed E-state index contributed by atoms with van der Waals surface area (Å²) in [5.41, 5.74) is 7.23. The van der Waals surface area contributed by atoms with E-state index < -0.39 is 0 Å². The van der Waals surface area contributed by atoms with Crippen molar-refractivity contribution in [3.8, 4) is 0 Å². The maximum absolute atomic E-state index is 11.8. The predicted octanol–water partition coefficient (Wildman–Crippen LogP) is 1.28. The quantitative estimate of drug-likeness (QED) is 0.763. The van der Waals surface area contributed by atoms with E-state index in [0.717, 1.165) is 31.5 Å². The fraction of sp³-hybridized carbons (Fsp3) is 0.467. The van der Waals surface area contributed by atoms with Gasteiger partial charge in [0, 0.05) is 38.3 Å². The van der Waals surface area contributed by atoms with Crippen LogP contribution in [0.1, 0.15) is 24.8 Å². The fourth-order valence-corrected chi connectivity index (χ4v) is 2.31. The van der Waals surface area contributed by atoms with Gasteiger partial charge in [0.1, 0.15) is 0 Å². The number of amides is 3. The van der Waals surface area contributed by atoms with E-state index in [1.807, 2.05) is 17.0 Å². The number of hydrogen-bond acceptors (Lipinski definition) is 3. The lowest BCUT2D eigenvalue weighted by atomic mass is 10.2. The van der Waals surface area contributed by atoms with E-state index in [4.69, 9.17) is 5.73 Å². The SMILES string of the molecule is NCc1ccc(NC(=O)NCCC(=O)N2CCCC2)cc1. The van der Waals surface area contributed by atoms with Crippen LogP contribution in [0.2, 0.25) is 0 Å². The Labute approximate surface area is 124 Å². The molecular weight excluding hydrogens is 268 g/mol. The van der Waals surface area contributed by atoms with Gasteiger partial charge in [-0.25, -0.2) is 4.79 Å². The van der Waals surface area contributed by atoms with Gasteiger partial charge in [0.15, 0.2) is 0 Å². The summed E-state index contributed by atoms with van der Waals surface area (Å²) < 4.78 is 0. The summed E-state index contributed by atoms with van der Waals surface area (Å²) in [7, 11) is 0. The molecule has 1 aromatic carbocycles. The number of anilines is 1. The van der Waals surface area contributed by atoms with Crippen LogP contribution >= 0.6 is 0 Å². The van der Waals surface area contributed by atoms with E-state index in [2.05, 4.69) is 10.6 Å². The van der Waals surface area contributed by atoms with Crippen molar-refractivity contribution in [3.63, 3.8) is 0 Å². The van der Waals surface area contributed by atoms with E-state index >= 15 is 0 Å². The van der Waals surface area contributed by atoms with Gasteiger partial charge in [-0.2, -0.15) is 0 Å². The standard InChI is InChI=1S/C15H22N4O2/c16-11-12-3-5-13(6-4-12)18-15(21)17-8-7-14(20)19-9-1-2-10-19/h3-6H,1-2,7-11,16H2,(H2,17,18,21). The number of rotatable bonds is 5. The Hall–Kier alpha value is -2.08. The second kappa shape index (κ2) is 7.64. The first-order valence-corrected chi connectivity index (χ1v) is 7.30. The predicted molar refractivity (Wildman–Crippen MR) is 81.8 cm³/mol. The lowest BCUT2D eigenvalue weighted by molar-refractivity contribution is -0.129. The van der Waals surface area contributed by atoms with E-state index in [1.165, 1.54) is 0 Å². The van der Waals surface area contributed by atoms with Gasteiger partial charge in [0.05, 0.1) is 0 Å². The highest BCUT2D eigenvalue weighted by Gasteiger charge is 2.17. The molecule has 1 aliphatic heterocycles. The molecule has 0 spiro atoms. The molecule has 0 aromatic heterocycles. The van der Waals surface area contributed by atoms with E-state index in [9.17, 15) is 9.59 Å². The zero-order valence-electron chi connectivity index (χ0n) is 12.1. The summed E-state index contributed by atoms with van der Waals surface area (Å²) >= 11 is 0. The number of hydrogen-bond donors (Lipinski definition) is 3. The molecular formula is C15H22N4O2. The number of carbonyl (C=O) groups excluding carboxylic acids is 2. The normalized spacial score (nSPS) is 14.0. The Kier molecular flexibility index (Phi) is 5.57.